The van der Waals surface area contributed by atoms with Crippen LogP contribution < -0.4 is 5.32 Å². The quantitative estimate of drug-likeness (QED) is 0.759. The van der Waals surface area contributed by atoms with Gasteiger partial charge in [-0.2, -0.15) is 0 Å². The van der Waals surface area contributed by atoms with Gasteiger partial charge in [-0.25, -0.2) is 0 Å². The summed E-state index contributed by atoms with van der Waals surface area (Å²) in [6.45, 7) is 6.59. The van der Waals surface area contributed by atoms with Gasteiger partial charge in [0.25, 0.3) is 0 Å². The normalized spacial score (nSPS) is 30.8. The molecule has 1 N–H and O–H groups in total. The second-order valence-corrected chi connectivity index (χ2v) is 6.63. The molecule has 0 aromatic carbocycles. The minimum atomic E-state index is -0.566. The van der Waals surface area contributed by atoms with Crippen LogP contribution in [0.5, 0.6) is 0 Å². The van der Waals surface area contributed by atoms with Gasteiger partial charge in [0.2, 0.25) is 0 Å². The highest BCUT2D eigenvalue weighted by Crippen LogP contribution is 2.34. The smallest absolute Gasteiger partial charge is 0.326 e. The zero-order chi connectivity index (χ0) is 15.3. The number of hydrogen-bond acceptors (Lipinski definition) is 5. The van der Waals surface area contributed by atoms with E-state index in [1.54, 1.807) is 0 Å². The summed E-state index contributed by atoms with van der Waals surface area (Å²) in [6, 6.07) is 0.248. The summed E-state index contributed by atoms with van der Waals surface area (Å²) < 4.78 is 16.4. The zero-order valence-corrected chi connectivity index (χ0v) is 13.5. The molecule has 1 aliphatic heterocycles. The van der Waals surface area contributed by atoms with Crippen LogP contribution in [0.15, 0.2) is 0 Å². The average molecular weight is 299 g/mol. The Bertz CT molecular complexity index is 341. The van der Waals surface area contributed by atoms with Crippen LogP contribution in [0.2, 0.25) is 0 Å². The number of rotatable bonds is 6. The monoisotopic (exact) mass is 299 g/mol. The van der Waals surface area contributed by atoms with Crippen LogP contribution in [-0.2, 0) is 19.0 Å². The fourth-order valence-electron chi connectivity index (χ4n) is 3.45. The maximum Gasteiger partial charge on any atom is 0.326 e. The predicted octanol–water partition coefficient (Wildman–Crippen LogP) is 1.89. The SMILES string of the molecule is COC(=O)C1(NC(C)C)CCC(OCC2CCOCC2)C1. The molecule has 122 valence electrons. The third-order valence-electron chi connectivity index (χ3n) is 4.52. The van der Waals surface area contributed by atoms with Gasteiger partial charge >= 0.3 is 5.97 Å². The Balaban J connectivity index is 1.85. The van der Waals surface area contributed by atoms with Crippen LogP contribution in [0.1, 0.15) is 46.0 Å². The van der Waals surface area contributed by atoms with Crippen molar-refractivity contribution in [3.8, 4) is 0 Å². The Morgan fingerprint density at radius 2 is 2.05 bits per heavy atom. The maximum atomic E-state index is 12.2. The van der Waals surface area contributed by atoms with Crippen LogP contribution in [0.25, 0.3) is 0 Å². The Kier molecular flexibility index (Phi) is 6.02. The Labute approximate surface area is 127 Å². The lowest BCUT2D eigenvalue weighted by Gasteiger charge is -2.30. The number of carbonyl (C=O) groups excluding carboxylic acids is 1. The lowest BCUT2D eigenvalue weighted by atomic mass is 9.96. The molecular weight excluding hydrogens is 270 g/mol. The molecule has 1 saturated heterocycles. The number of hydrogen-bond donors (Lipinski definition) is 1. The second-order valence-electron chi connectivity index (χ2n) is 6.63. The molecule has 5 heteroatoms. The zero-order valence-electron chi connectivity index (χ0n) is 13.5. The van der Waals surface area contributed by atoms with Gasteiger partial charge in [-0.3, -0.25) is 10.1 Å². The van der Waals surface area contributed by atoms with Crippen molar-refractivity contribution < 1.29 is 19.0 Å². The Hall–Kier alpha value is -0.650. The highest BCUT2D eigenvalue weighted by atomic mass is 16.5. The topological polar surface area (TPSA) is 56.8 Å². The summed E-state index contributed by atoms with van der Waals surface area (Å²) in [6.07, 6.45) is 4.73. The molecule has 0 radical (unpaired) electrons. The van der Waals surface area contributed by atoms with E-state index in [0.29, 0.717) is 12.3 Å². The van der Waals surface area contributed by atoms with Crippen LogP contribution >= 0.6 is 0 Å². The van der Waals surface area contributed by atoms with E-state index in [-0.39, 0.29) is 18.1 Å². The minimum Gasteiger partial charge on any atom is -0.468 e. The lowest BCUT2D eigenvalue weighted by molar-refractivity contribution is -0.149. The van der Waals surface area contributed by atoms with Gasteiger partial charge in [-0.1, -0.05) is 0 Å². The maximum absolute atomic E-state index is 12.2. The molecule has 0 aromatic heterocycles. The van der Waals surface area contributed by atoms with E-state index >= 15 is 0 Å². The average Bonchev–Trinajstić information content (AvgIpc) is 2.89. The van der Waals surface area contributed by atoms with E-state index in [9.17, 15) is 4.79 Å². The molecule has 2 unspecified atom stereocenters. The molecule has 0 spiro atoms. The number of esters is 1. The molecule has 1 aliphatic carbocycles. The molecule has 2 rings (SSSR count). The van der Waals surface area contributed by atoms with Crippen molar-refractivity contribution in [2.45, 2.75) is 63.6 Å². The molecule has 2 aliphatic rings. The summed E-state index contributed by atoms with van der Waals surface area (Å²) in [4.78, 5) is 12.2. The van der Waals surface area contributed by atoms with Crippen molar-refractivity contribution in [3.05, 3.63) is 0 Å². The molecule has 0 aromatic rings. The molecule has 0 bridgehead atoms. The van der Waals surface area contributed by atoms with Crippen molar-refractivity contribution in [2.24, 2.45) is 5.92 Å². The fraction of sp³-hybridized carbons (Fsp3) is 0.938. The largest absolute Gasteiger partial charge is 0.468 e. The summed E-state index contributed by atoms with van der Waals surface area (Å²) in [7, 11) is 1.46. The van der Waals surface area contributed by atoms with Gasteiger partial charge in [0.05, 0.1) is 13.2 Å². The van der Waals surface area contributed by atoms with E-state index in [2.05, 4.69) is 19.2 Å². The summed E-state index contributed by atoms with van der Waals surface area (Å²) in [5.74, 6) is 0.443. The summed E-state index contributed by atoms with van der Waals surface area (Å²) in [5, 5.41) is 3.40. The standard InChI is InChI=1S/C16H29NO4/c1-12(2)17-16(15(18)19-3)7-4-14(10-16)21-11-13-5-8-20-9-6-13/h12-14,17H,4-11H2,1-3H3. The molecule has 0 amide bonds. The van der Waals surface area contributed by atoms with E-state index in [0.717, 1.165) is 45.5 Å². The van der Waals surface area contributed by atoms with Gasteiger partial charge in [0, 0.05) is 32.3 Å². The number of carbonyl (C=O) groups is 1. The van der Waals surface area contributed by atoms with Gasteiger partial charge in [-0.05, 0) is 45.4 Å². The van der Waals surface area contributed by atoms with Crippen molar-refractivity contribution in [2.75, 3.05) is 26.9 Å². The third-order valence-corrected chi connectivity index (χ3v) is 4.52. The Morgan fingerprint density at radius 1 is 1.33 bits per heavy atom. The van der Waals surface area contributed by atoms with E-state index in [1.165, 1.54) is 7.11 Å². The molecule has 21 heavy (non-hydrogen) atoms. The van der Waals surface area contributed by atoms with Crippen molar-refractivity contribution >= 4 is 5.97 Å². The lowest BCUT2D eigenvalue weighted by Crippen LogP contribution is -2.53. The number of nitrogens with one attached hydrogen (secondary N) is 1. The highest BCUT2D eigenvalue weighted by molar-refractivity contribution is 5.81. The van der Waals surface area contributed by atoms with Gasteiger partial charge < -0.3 is 14.2 Å². The molecule has 1 heterocycles. The molecule has 2 atom stereocenters. The molecule has 1 saturated carbocycles. The van der Waals surface area contributed by atoms with Crippen molar-refractivity contribution in [3.63, 3.8) is 0 Å². The van der Waals surface area contributed by atoms with E-state index in [1.807, 2.05) is 0 Å². The van der Waals surface area contributed by atoms with Crippen LogP contribution in [0.4, 0.5) is 0 Å². The van der Waals surface area contributed by atoms with Crippen LogP contribution in [0, 0.1) is 5.92 Å². The Morgan fingerprint density at radius 3 is 2.67 bits per heavy atom. The molecular formula is C16H29NO4. The first-order chi connectivity index (χ1) is 10.1. The third kappa shape index (κ3) is 4.41. The van der Waals surface area contributed by atoms with E-state index < -0.39 is 5.54 Å². The summed E-state index contributed by atoms with van der Waals surface area (Å²) >= 11 is 0. The second kappa shape index (κ2) is 7.56. The van der Waals surface area contributed by atoms with E-state index in [4.69, 9.17) is 14.2 Å². The minimum absolute atomic E-state index is 0.151. The first-order valence-corrected chi connectivity index (χ1v) is 8.11. The predicted molar refractivity (Wildman–Crippen MR) is 80.2 cm³/mol. The fourth-order valence-corrected chi connectivity index (χ4v) is 3.45. The van der Waals surface area contributed by atoms with Crippen LogP contribution in [0.3, 0.4) is 0 Å². The summed E-state index contributed by atoms with van der Waals surface area (Å²) in [5.41, 5.74) is -0.566. The van der Waals surface area contributed by atoms with Crippen LogP contribution in [-0.4, -0.2) is 50.6 Å². The first kappa shape index (κ1) is 16.7. The van der Waals surface area contributed by atoms with Gasteiger partial charge in [0.15, 0.2) is 0 Å². The van der Waals surface area contributed by atoms with Gasteiger partial charge in [0.1, 0.15) is 5.54 Å². The molecule has 5 nitrogen and oxygen atoms in total. The number of ether oxygens (including phenoxy) is 3. The van der Waals surface area contributed by atoms with Crippen molar-refractivity contribution in [1.82, 2.24) is 5.32 Å². The highest BCUT2D eigenvalue weighted by Gasteiger charge is 2.47. The number of methoxy groups -OCH3 is 1. The molecule has 2 fully saturated rings. The van der Waals surface area contributed by atoms with Crippen molar-refractivity contribution in [1.29, 1.82) is 0 Å². The first-order valence-electron chi connectivity index (χ1n) is 8.11. The van der Waals surface area contributed by atoms with Gasteiger partial charge in [-0.15, -0.1) is 0 Å².